The van der Waals surface area contributed by atoms with Gasteiger partial charge in [-0.3, -0.25) is 0 Å². The van der Waals surface area contributed by atoms with Gasteiger partial charge in [0.2, 0.25) is 0 Å². The van der Waals surface area contributed by atoms with E-state index in [1.807, 2.05) is 0 Å². The van der Waals surface area contributed by atoms with Crippen molar-refractivity contribution in [1.29, 1.82) is 0 Å². The van der Waals surface area contributed by atoms with E-state index in [-0.39, 0.29) is 7.55 Å². The van der Waals surface area contributed by atoms with Crippen LogP contribution in [0.3, 0.4) is 0 Å². The Morgan fingerprint density at radius 1 is 1.71 bits per heavy atom. The summed E-state index contributed by atoms with van der Waals surface area (Å²) in [6, 6.07) is 0.703. The van der Waals surface area contributed by atoms with Gasteiger partial charge in [-0.05, 0) is 33.0 Å². The number of hydrogen-bond donors (Lipinski definition) is 1. The molecule has 1 aliphatic heterocycles. The van der Waals surface area contributed by atoms with Gasteiger partial charge >= 0.3 is 0 Å². The van der Waals surface area contributed by atoms with E-state index in [4.69, 9.17) is 0 Å². The highest BCUT2D eigenvalue weighted by Crippen LogP contribution is 2.43. The number of nitrogens with one attached hydrogen (secondary N) is 1. The maximum Gasteiger partial charge on any atom is 0.142 e. The lowest BCUT2D eigenvalue weighted by atomic mass is 9.96. The van der Waals surface area contributed by atoms with E-state index in [0.717, 1.165) is 0 Å². The zero-order chi connectivity index (χ0) is 10.6. The van der Waals surface area contributed by atoms with Crippen LogP contribution in [0.4, 0.5) is 0 Å². The van der Waals surface area contributed by atoms with E-state index in [0.29, 0.717) is 11.2 Å². The lowest BCUT2D eigenvalue weighted by Gasteiger charge is -2.27. The maximum absolute atomic E-state index is 4.31. The summed E-state index contributed by atoms with van der Waals surface area (Å²) in [5.41, 5.74) is 0. The van der Waals surface area contributed by atoms with Crippen LogP contribution >= 0.6 is 15.7 Å². The molecular weight excluding hydrogens is 208 g/mol. The molecule has 0 amide bonds. The molecule has 1 aliphatic rings. The van der Waals surface area contributed by atoms with Crippen molar-refractivity contribution in [2.75, 3.05) is 19.9 Å². The molecule has 0 aromatic rings. The zero-order valence-corrected chi connectivity index (χ0v) is 11.4. The van der Waals surface area contributed by atoms with Gasteiger partial charge in [0.05, 0.1) is 26.6 Å². The van der Waals surface area contributed by atoms with Gasteiger partial charge in [0.15, 0.2) is 0 Å². The molecule has 3 unspecified atom stereocenters. The minimum Gasteiger partial charge on any atom is -0.310 e. The van der Waals surface area contributed by atoms with E-state index in [2.05, 4.69) is 37.7 Å². The Hall–Kier alpha value is 0.300. The standard InChI is InChI=1S/C11H22NP2/c1-11(14(3)4,7-9-13-2)10-6-5-8-12-10/h9-10,12H,3,5-8H2,1-2,4H3/q+1. The SMILES string of the molecule is C=[P+](C)C(C)(CC=PC)C1CCCN1. The first-order chi connectivity index (χ1) is 6.61. The highest BCUT2D eigenvalue weighted by Gasteiger charge is 2.43. The van der Waals surface area contributed by atoms with Crippen molar-refractivity contribution in [3.05, 3.63) is 0 Å². The smallest absolute Gasteiger partial charge is 0.142 e. The van der Waals surface area contributed by atoms with Crippen LogP contribution in [0.1, 0.15) is 26.2 Å². The number of hydrogen-bond acceptors (Lipinski definition) is 1. The van der Waals surface area contributed by atoms with Crippen LogP contribution in [0.15, 0.2) is 0 Å². The molecule has 1 N–H and O–H groups in total. The molecule has 3 heteroatoms. The second-order valence-corrected chi connectivity index (χ2v) is 7.65. The molecule has 1 saturated heterocycles. The Kier molecular flexibility index (Phi) is 4.77. The molecule has 0 aromatic heterocycles. The first kappa shape index (κ1) is 12.4. The van der Waals surface area contributed by atoms with Gasteiger partial charge in [0.1, 0.15) is 5.16 Å². The summed E-state index contributed by atoms with van der Waals surface area (Å²) < 4.78 is 0. The summed E-state index contributed by atoms with van der Waals surface area (Å²) in [7, 11) is 1.29. The van der Waals surface area contributed by atoms with Crippen molar-refractivity contribution in [3.63, 3.8) is 0 Å². The fourth-order valence-corrected chi connectivity index (χ4v) is 3.92. The fourth-order valence-electron chi connectivity index (χ4n) is 2.06. The topological polar surface area (TPSA) is 12.0 Å². The molecule has 0 bridgehead atoms. The van der Waals surface area contributed by atoms with Crippen LogP contribution in [-0.2, 0) is 0 Å². The molecule has 0 saturated carbocycles. The van der Waals surface area contributed by atoms with Crippen LogP contribution in [0.5, 0.6) is 0 Å². The van der Waals surface area contributed by atoms with E-state index in [1.165, 1.54) is 34.0 Å². The van der Waals surface area contributed by atoms with Crippen molar-refractivity contribution in [3.8, 4) is 0 Å². The largest absolute Gasteiger partial charge is 0.310 e. The highest BCUT2D eigenvalue weighted by atomic mass is 31.1. The van der Waals surface area contributed by atoms with E-state index in [1.54, 1.807) is 0 Å². The zero-order valence-electron chi connectivity index (χ0n) is 9.58. The Balaban J connectivity index is 2.73. The average molecular weight is 230 g/mol. The third-order valence-electron chi connectivity index (χ3n) is 3.37. The van der Waals surface area contributed by atoms with Gasteiger partial charge in [-0.15, -0.1) is 8.20 Å². The predicted octanol–water partition coefficient (Wildman–Crippen LogP) is 2.81. The second kappa shape index (κ2) is 5.40. The van der Waals surface area contributed by atoms with E-state index >= 15 is 0 Å². The predicted molar refractivity (Wildman–Crippen MR) is 72.9 cm³/mol. The second-order valence-electron chi connectivity index (χ2n) is 4.35. The molecule has 0 aromatic carbocycles. The van der Waals surface area contributed by atoms with E-state index in [9.17, 15) is 0 Å². The van der Waals surface area contributed by atoms with Crippen LogP contribution in [-0.4, -0.2) is 43.2 Å². The van der Waals surface area contributed by atoms with Crippen LogP contribution < -0.4 is 5.32 Å². The van der Waals surface area contributed by atoms with Gasteiger partial charge in [0, 0.05) is 6.42 Å². The summed E-state index contributed by atoms with van der Waals surface area (Å²) in [5.74, 6) is 2.39. The minimum absolute atomic E-state index is 0.117. The van der Waals surface area contributed by atoms with Crippen molar-refractivity contribution in [2.24, 2.45) is 0 Å². The lowest BCUT2D eigenvalue weighted by Crippen LogP contribution is -2.42. The monoisotopic (exact) mass is 230 g/mol. The maximum atomic E-state index is 4.31. The quantitative estimate of drug-likeness (QED) is 0.732. The summed E-state index contributed by atoms with van der Waals surface area (Å²) in [6.07, 6.45) is 8.21. The molecule has 0 spiro atoms. The van der Waals surface area contributed by atoms with Gasteiger partial charge in [-0.1, -0.05) is 5.80 Å². The molecule has 3 atom stereocenters. The summed E-state index contributed by atoms with van der Waals surface area (Å²) in [4.78, 5) is 0. The molecule has 80 valence electrons. The molecular formula is C11H22NP2+. The van der Waals surface area contributed by atoms with Crippen molar-refractivity contribution >= 4 is 27.8 Å². The molecule has 1 rings (SSSR count). The van der Waals surface area contributed by atoms with Gasteiger partial charge in [0.25, 0.3) is 0 Å². The van der Waals surface area contributed by atoms with Crippen molar-refractivity contribution < 1.29 is 0 Å². The number of rotatable bonds is 4. The lowest BCUT2D eigenvalue weighted by molar-refractivity contribution is 0.471. The van der Waals surface area contributed by atoms with Crippen molar-refractivity contribution in [2.45, 2.75) is 37.4 Å². The molecule has 14 heavy (non-hydrogen) atoms. The molecule has 1 nitrogen and oxygen atoms in total. The van der Waals surface area contributed by atoms with E-state index < -0.39 is 0 Å². The highest BCUT2D eigenvalue weighted by molar-refractivity contribution is 7.56. The molecule has 1 heterocycles. The third-order valence-corrected chi connectivity index (χ3v) is 6.16. The minimum atomic E-state index is -0.117. The fraction of sp³-hybridized carbons (Fsp3) is 0.818. The van der Waals surface area contributed by atoms with Gasteiger partial charge < -0.3 is 5.32 Å². The molecule has 0 aliphatic carbocycles. The Bertz CT molecular complexity index is 231. The Labute approximate surface area is 90.9 Å². The first-order valence-corrected chi connectivity index (χ1v) is 8.68. The summed E-state index contributed by atoms with van der Waals surface area (Å²) >= 11 is 0. The Morgan fingerprint density at radius 2 is 2.43 bits per heavy atom. The molecule has 1 fully saturated rings. The summed E-state index contributed by atoms with van der Waals surface area (Å²) in [6.45, 7) is 8.13. The van der Waals surface area contributed by atoms with Gasteiger partial charge in [-0.25, -0.2) is 0 Å². The normalized spacial score (nSPS) is 27.9. The van der Waals surface area contributed by atoms with Crippen LogP contribution in [0, 0.1) is 0 Å². The molecule has 0 radical (unpaired) electrons. The van der Waals surface area contributed by atoms with Crippen LogP contribution in [0.25, 0.3) is 0 Å². The van der Waals surface area contributed by atoms with Gasteiger partial charge in [-0.2, -0.15) is 0 Å². The van der Waals surface area contributed by atoms with Crippen molar-refractivity contribution in [1.82, 2.24) is 5.32 Å². The first-order valence-electron chi connectivity index (χ1n) is 5.29. The third kappa shape index (κ3) is 2.66. The van der Waals surface area contributed by atoms with Crippen LogP contribution in [0.2, 0.25) is 0 Å². The summed E-state index contributed by atoms with van der Waals surface area (Å²) in [5, 5.41) is 4.05. The Morgan fingerprint density at radius 3 is 2.86 bits per heavy atom. The average Bonchev–Trinajstić information content (AvgIpc) is 2.66.